The van der Waals surface area contributed by atoms with Gasteiger partial charge in [-0.05, 0) is 26.4 Å². The standard InChI is InChI=1S/C10H21N3O/c1-11-10(14)5-7-13(2)8-9-4-3-6-12-9/h9,12H,3-8H2,1-2H3,(H,11,14). The molecule has 0 bridgehead atoms. The molecule has 0 radical (unpaired) electrons. The highest BCUT2D eigenvalue weighted by molar-refractivity contribution is 5.75. The Morgan fingerprint density at radius 2 is 2.43 bits per heavy atom. The first-order valence-electron chi connectivity index (χ1n) is 5.35. The van der Waals surface area contributed by atoms with Crippen LogP contribution < -0.4 is 10.6 Å². The highest BCUT2D eigenvalue weighted by atomic mass is 16.1. The van der Waals surface area contributed by atoms with Gasteiger partial charge < -0.3 is 15.5 Å². The van der Waals surface area contributed by atoms with Crippen LogP contribution in [-0.4, -0.2) is 50.6 Å². The van der Waals surface area contributed by atoms with Gasteiger partial charge >= 0.3 is 0 Å². The van der Waals surface area contributed by atoms with Crippen LogP contribution >= 0.6 is 0 Å². The van der Waals surface area contributed by atoms with Gasteiger partial charge in [-0.3, -0.25) is 4.79 Å². The van der Waals surface area contributed by atoms with Crippen LogP contribution in [0.3, 0.4) is 0 Å². The van der Waals surface area contributed by atoms with Crippen molar-refractivity contribution in [3.05, 3.63) is 0 Å². The number of amides is 1. The minimum absolute atomic E-state index is 0.122. The van der Waals surface area contributed by atoms with Gasteiger partial charge in [0.15, 0.2) is 0 Å². The van der Waals surface area contributed by atoms with Gasteiger partial charge in [-0.25, -0.2) is 0 Å². The zero-order valence-corrected chi connectivity index (χ0v) is 9.18. The molecule has 2 N–H and O–H groups in total. The molecule has 1 amide bonds. The van der Waals surface area contributed by atoms with Crippen LogP contribution in [0.5, 0.6) is 0 Å². The van der Waals surface area contributed by atoms with Crippen molar-refractivity contribution in [3.63, 3.8) is 0 Å². The van der Waals surface area contributed by atoms with E-state index in [2.05, 4.69) is 22.6 Å². The number of nitrogens with one attached hydrogen (secondary N) is 2. The molecule has 82 valence electrons. The van der Waals surface area contributed by atoms with E-state index in [0.717, 1.165) is 19.6 Å². The van der Waals surface area contributed by atoms with Gasteiger partial charge in [0.2, 0.25) is 5.91 Å². The summed E-state index contributed by atoms with van der Waals surface area (Å²) in [4.78, 5) is 13.2. The molecule has 1 aliphatic heterocycles. The normalized spacial score (nSPS) is 21.5. The second-order valence-corrected chi connectivity index (χ2v) is 3.98. The quantitative estimate of drug-likeness (QED) is 0.645. The van der Waals surface area contributed by atoms with E-state index < -0.39 is 0 Å². The minimum Gasteiger partial charge on any atom is -0.359 e. The fraction of sp³-hybridized carbons (Fsp3) is 0.900. The third-order valence-electron chi connectivity index (χ3n) is 2.69. The van der Waals surface area contributed by atoms with Gasteiger partial charge in [-0.15, -0.1) is 0 Å². The van der Waals surface area contributed by atoms with Crippen molar-refractivity contribution in [1.29, 1.82) is 0 Å². The van der Waals surface area contributed by atoms with Crippen LogP contribution in [0.25, 0.3) is 0 Å². The summed E-state index contributed by atoms with van der Waals surface area (Å²) in [7, 11) is 3.75. The maximum Gasteiger partial charge on any atom is 0.221 e. The summed E-state index contributed by atoms with van der Waals surface area (Å²) >= 11 is 0. The van der Waals surface area contributed by atoms with E-state index in [4.69, 9.17) is 0 Å². The minimum atomic E-state index is 0.122. The third kappa shape index (κ3) is 4.07. The van der Waals surface area contributed by atoms with Crippen molar-refractivity contribution in [2.45, 2.75) is 25.3 Å². The zero-order chi connectivity index (χ0) is 10.4. The second-order valence-electron chi connectivity index (χ2n) is 3.98. The topological polar surface area (TPSA) is 44.4 Å². The molecule has 0 aromatic heterocycles. The Labute approximate surface area is 86.0 Å². The van der Waals surface area contributed by atoms with Gasteiger partial charge in [-0.1, -0.05) is 0 Å². The van der Waals surface area contributed by atoms with E-state index in [9.17, 15) is 4.79 Å². The van der Waals surface area contributed by atoms with Gasteiger partial charge in [0.1, 0.15) is 0 Å². The molecule has 1 unspecified atom stereocenters. The molecular weight excluding hydrogens is 178 g/mol. The van der Waals surface area contributed by atoms with Gasteiger partial charge in [-0.2, -0.15) is 0 Å². The summed E-state index contributed by atoms with van der Waals surface area (Å²) in [6, 6.07) is 0.629. The van der Waals surface area contributed by atoms with Crippen LogP contribution in [0.1, 0.15) is 19.3 Å². The van der Waals surface area contributed by atoms with E-state index in [1.807, 2.05) is 0 Å². The lowest BCUT2D eigenvalue weighted by Crippen LogP contribution is -2.37. The zero-order valence-electron chi connectivity index (χ0n) is 9.18. The Hall–Kier alpha value is -0.610. The van der Waals surface area contributed by atoms with Crippen LogP contribution in [0.2, 0.25) is 0 Å². The molecule has 0 aromatic carbocycles. The first-order chi connectivity index (χ1) is 6.72. The number of carbonyl (C=O) groups excluding carboxylic acids is 1. The Morgan fingerprint density at radius 1 is 1.64 bits per heavy atom. The van der Waals surface area contributed by atoms with Crippen LogP contribution in [0.4, 0.5) is 0 Å². The molecule has 1 heterocycles. The van der Waals surface area contributed by atoms with E-state index in [-0.39, 0.29) is 5.91 Å². The van der Waals surface area contributed by atoms with E-state index in [1.54, 1.807) is 7.05 Å². The first kappa shape index (κ1) is 11.5. The molecule has 1 aliphatic rings. The maximum absolute atomic E-state index is 11.0. The molecule has 14 heavy (non-hydrogen) atoms. The predicted molar refractivity (Wildman–Crippen MR) is 57.2 cm³/mol. The molecular formula is C10H21N3O. The monoisotopic (exact) mass is 199 g/mol. The summed E-state index contributed by atoms with van der Waals surface area (Å²) in [5, 5.41) is 6.08. The lowest BCUT2D eigenvalue weighted by molar-refractivity contribution is -0.120. The predicted octanol–water partition coefficient (Wildman–Crippen LogP) is -0.194. The SMILES string of the molecule is CNC(=O)CCN(C)CC1CCCN1. The van der Waals surface area contributed by atoms with Crippen LogP contribution in [0, 0.1) is 0 Å². The lowest BCUT2D eigenvalue weighted by Gasteiger charge is -2.20. The molecule has 1 atom stereocenters. The molecule has 1 fully saturated rings. The molecule has 0 spiro atoms. The summed E-state index contributed by atoms with van der Waals surface area (Å²) < 4.78 is 0. The number of carbonyl (C=O) groups is 1. The number of hydrogen-bond acceptors (Lipinski definition) is 3. The Balaban J connectivity index is 2.08. The molecule has 0 aliphatic carbocycles. The largest absolute Gasteiger partial charge is 0.359 e. The van der Waals surface area contributed by atoms with Crippen LogP contribution in [0.15, 0.2) is 0 Å². The summed E-state index contributed by atoms with van der Waals surface area (Å²) in [5.41, 5.74) is 0. The average Bonchev–Trinajstić information content (AvgIpc) is 2.66. The number of nitrogens with zero attached hydrogens (tertiary/aromatic N) is 1. The Morgan fingerprint density at radius 3 is 3.00 bits per heavy atom. The summed E-state index contributed by atoms with van der Waals surface area (Å²) in [6.07, 6.45) is 3.15. The van der Waals surface area contributed by atoms with Crippen molar-refractivity contribution >= 4 is 5.91 Å². The van der Waals surface area contributed by atoms with Gasteiger partial charge in [0.25, 0.3) is 0 Å². The van der Waals surface area contributed by atoms with Crippen molar-refractivity contribution in [3.8, 4) is 0 Å². The first-order valence-corrected chi connectivity index (χ1v) is 5.35. The molecule has 4 nitrogen and oxygen atoms in total. The summed E-state index contributed by atoms with van der Waals surface area (Å²) in [5.74, 6) is 0.122. The number of rotatable bonds is 5. The highest BCUT2D eigenvalue weighted by Gasteiger charge is 2.15. The van der Waals surface area contributed by atoms with Crippen molar-refractivity contribution < 1.29 is 4.79 Å². The molecule has 1 saturated heterocycles. The second kappa shape index (κ2) is 5.98. The Bertz CT molecular complexity index is 178. The fourth-order valence-electron chi connectivity index (χ4n) is 1.80. The lowest BCUT2D eigenvalue weighted by atomic mass is 10.2. The van der Waals surface area contributed by atoms with Gasteiger partial charge in [0, 0.05) is 32.6 Å². The molecule has 1 rings (SSSR count). The van der Waals surface area contributed by atoms with Crippen LogP contribution in [-0.2, 0) is 4.79 Å². The molecule has 0 saturated carbocycles. The highest BCUT2D eigenvalue weighted by Crippen LogP contribution is 2.05. The van der Waals surface area contributed by atoms with E-state index in [1.165, 1.54) is 12.8 Å². The summed E-state index contributed by atoms with van der Waals surface area (Å²) in [6.45, 7) is 3.04. The number of likely N-dealkylation sites (N-methyl/N-ethyl adjacent to an activating group) is 1. The fourth-order valence-corrected chi connectivity index (χ4v) is 1.80. The smallest absolute Gasteiger partial charge is 0.221 e. The van der Waals surface area contributed by atoms with Crippen molar-refractivity contribution in [2.24, 2.45) is 0 Å². The third-order valence-corrected chi connectivity index (χ3v) is 2.69. The molecule has 4 heteroatoms. The van der Waals surface area contributed by atoms with Crippen molar-refractivity contribution in [1.82, 2.24) is 15.5 Å². The average molecular weight is 199 g/mol. The van der Waals surface area contributed by atoms with Crippen molar-refractivity contribution in [2.75, 3.05) is 33.7 Å². The Kier molecular flexibility index (Phi) is 4.90. The van der Waals surface area contributed by atoms with E-state index in [0.29, 0.717) is 12.5 Å². The molecule has 0 aromatic rings. The van der Waals surface area contributed by atoms with Gasteiger partial charge in [0.05, 0.1) is 0 Å². The maximum atomic E-state index is 11.0. The van der Waals surface area contributed by atoms with E-state index >= 15 is 0 Å². The number of hydrogen-bond donors (Lipinski definition) is 2.